The summed E-state index contributed by atoms with van der Waals surface area (Å²) in [5, 5.41) is 9.61. The van der Waals surface area contributed by atoms with Gasteiger partial charge in [-0.2, -0.15) is 0 Å². The van der Waals surface area contributed by atoms with Gasteiger partial charge in [-0.15, -0.1) is 0 Å². The molecule has 2 atom stereocenters. The molecule has 5 nitrogen and oxygen atoms in total. The molecule has 2 rings (SSSR count). The van der Waals surface area contributed by atoms with Crippen LogP contribution in [0.15, 0.2) is 18.2 Å². The molecule has 0 aromatic heterocycles. The molecule has 6 heteroatoms. The Bertz CT molecular complexity index is 564. The van der Waals surface area contributed by atoms with Crippen molar-refractivity contribution in [2.75, 3.05) is 11.5 Å². The van der Waals surface area contributed by atoms with Crippen LogP contribution in [0.4, 0.5) is 0 Å². The Balaban J connectivity index is 2.22. The number of hydrogen-bond donors (Lipinski definition) is 1. The fourth-order valence-electron chi connectivity index (χ4n) is 1.94. The Morgan fingerprint density at radius 3 is 2.67 bits per heavy atom. The third-order valence-corrected chi connectivity index (χ3v) is 4.53. The van der Waals surface area contributed by atoms with Crippen molar-refractivity contribution in [2.24, 2.45) is 0 Å². The standard InChI is InChI=1S/C12H14O5S/c1-8-2-3-11(9(4-8)5-13)17-12-7-18(15,16)6-10(12)14/h2-5,10,12,14H,6-7H2,1H3. The van der Waals surface area contributed by atoms with E-state index < -0.39 is 22.0 Å². The van der Waals surface area contributed by atoms with Gasteiger partial charge in [0.15, 0.2) is 16.1 Å². The number of benzene rings is 1. The second-order valence-corrected chi connectivity index (χ2v) is 6.61. The molecule has 2 unspecified atom stereocenters. The topological polar surface area (TPSA) is 80.7 Å². The van der Waals surface area contributed by atoms with Crippen LogP contribution < -0.4 is 4.74 Å². The number of aldehydes is 1. The molecule has 1 saturated heterocycles. The van der Waals surface area contributed by atoms with Gasteiger partial charge in [-0.1, -0.05) is 11.6 Å². The maximum atomic E-state index is 11.3. The summed E-state index contributed by atoms with van der Waals surface area (Å²) in [6.45, 7) is 1.84. The maximum Gasteiger partial charge on any atom is 0.156 e. The third-order valence-electron chi connectivity index (χ3n) is 2.84. The van der Waals surface area contributed by atoms with Gasteiger partial charge >= 0.3 is 0 Å². The van der Waals surface area contributed by atoms with E-state index >= 15 is 0 Å². The summed E-state index contributed by atoms with van der Waals surface area (Å²) in [5.74, 6) is -0.211. The molecule has 18 heavy (non-hydrogen) atoms. The average molecular weight is 270 g/mol. The first-order valence-electron chi connectivity index (χ1n) is 5.52. The van der Waals surface area contributed by atoms with Crippen LogP contribution in [0.5, 0.6) is 5.75 Å². The Morgan fingerprint density at radius 2 is 2.11 bits per heavy atom. The van der Waals surface area contributed by atoms with E-state index in [-0.39, 0.29) is 11.5 Å². The maximum absolute atomic E-state index is 11.3. The summed E-state index contributed by atoms with van der Waals surface area (Å²) in [7, 11) is -3.26. The predicted molar refractivity (Wildman–Crippen MR) is 65.6 cm³/mol. The number of rotatable bonds is 3. The van der Waals surface area contributed by atoms with Crippen molar-refractivity contribution < 1.29 is 23.1 Å². The van der Waals surface area contributed by atoms with Crippen LogP contribution >= 0.6 is 0 Å². The number of sulfone groups is 1. The largest absolute Gasteiger partial charge is 0.486 e. The Hall–Kier alpha value is -1.40. The molecule has 0 amide bonds. The van der Waals surface area contributed by atoms with Crippen LogP contribution in [-0.2, 0) is 9.84 Å². The van der Waals surface area contributed by atoms with Gasteiger partial charge < -0.3 is 9.84 Å². The van der Waals surface area contributed by atoms with Crippen LogP contribution in [0.1, 0.15) is 15.9 Å². The van der Waals surface area contributed by atoms with Gasteiger partial charge in [0.2, 0.25) is 0 Å². The van der Waals surface area contributed by atoms with Gasteiger partial charge in [-0.3, -0.25) is 4.79 Å². The summed E-state index contributed by atoms with van der Waals surface area (Å²) in [5.41, 5.74) is 1.26. The van der Waals surface area contributed by atoms with Gasteiger partial charge in [0.1, 0.15) is 18.0 Å². The highest BCUT2D eigenvalue weighted by molar-refractivity contribution is 7.91. The van der Waals surface area contributed by atoms with E-state index in [0.29, 0.717) is 17.6 Å². The molecule has 0 radical (unpaired) electrons. The number of carbonyl (C=O) groups is 1. The molecule has 98 valence electrons. The second kappa shape index (κ2) is 4.70. The van der Waals surface area contributed by atoms with Crippen molar-refractivity contribution >= 4 is 16.1 Å². The first-order valence-corrected chi connectivity index (χ1v) is 7.34. The SMILES string of the molecule is Cc1ccc(OC2CS(=O)(=O)CC2O)c(C=O)c1. The van der Waals surface area contributed by atoms with Crippen molar-refractivity contribution in [2.45, 2.75) is 19.1 Å². The van der Waals surface area contributed by atoms with Crippen LogP contribution in [0.3, 0.4) is 0 Å². The number of aryl methyl sites for hydroxylation is 1. The van der Waals surface area contributed by atoms with Crippen molar-refractivity contribution in [1.82, 2.24) is 0 Å². The predicted octanol–water partition coefficient (Wildman–Crippen LogP) is 0.344. The smallest absolute Gasteiger partial charge is 0.156 e. The minimum absolute atomic E-state index is 0.222. The summed E-state index contributed by atoms with van der Waals surface area (Å²) in [4.78, 5) is 10.9. The summed E-state index contributed by atoms with van der Waals surface area (Å²) >= 11 is 0. The second-order valence-electron chi connectivity index (χ2n) is 4.46. The summed E-state index contributed by atoms with van der Waals surface area (Å²) in [6, 6.07) is 5.02. The lowest BCUT2D eigenvalue weighted by molar-refractivity contribution is 0.0728. The van der Waals surface area contributed by atoms with E-state index in [1.54, 1.807) is 18.2 Å². The monoisotopic (exact) mass is 270 g/mol. The van der Waals surface area contributed by atoms with E-state index in [9.17, 15) is 18.3 Å². The molecular weight excluding hydrogens is 256 g/mol. The number of aliphatic hydroxyl groups excluding tert-OH is 1. The number of carbonyl (C=O) groups excluding carboxylic acids is 1. The fourth-order valence-corrected chi connectivity index (χ4v) is 3.60. The van der Waals surface area contributed by atoms with E-state index in [0.717, 1.165) is 5.56 Å². The zero-order valence-corrected chi connectivity index (χ0v) is 10.7. The van der Waals surface area contributed by atoms with E-state index in [1.165, 1.54) is 0 Å². The molecule has 1 N–H and O–H groups in total. The molecule has 0 saturated carbocycles. The molecule has 1 aromatic rings. The molecule has 1 aliphatic heterocycles. The van der Waals surface area contributed by atoms with E-state index in [1.807, 2.05) is 6.92 Å². The summed E-state index contributed by atoms with van der Waals surface area (Å²) in [6.07, 6.45) is -1.20. The van der Waals surface area contributed by atoms with Crippen molar-refractivity contribution in [3.8, 4) is 5.75 Å². The first kappa shape index (κ1) is 13.0. The molecule has 1 aliphatic rings. The summed E-state index contributed by atoms with van der Waals surface area (Å²) < 4.78 is 28.1. The molecular formula is C12H14O5S. The van der Waals surface area contributed by atoms with Gasteiger partial charge in [0.25, 0.3) is 0 Å². The van der Waals surface area contributed by atoms with Crippen molar-refractivity contribution in [1.29, 1.82) is 0 Å². The molecule has 0 aliphatic carbocycles. The van der Waals surface area contributed by atoms with Gasteiger partial charge in [-0.05, 0) is 19.1 Å². The lowest BCUT2D eigenvalue weighted by Gasteiger charge is -2.17. The highest BCUT2D eigenvalue weighted by Crippen LogP contribution is 2.23. The molecule has 1 aromatic carbocycles. The van der Waals surface area contributed by atoms with Gasteiger partial charge in [-0.25, -0.2) is 8.42 Å². The van der Waals surface area contributed by atoms with E-state index in [4.69, 9.17) is 4.74 Å². The third kappa shape index (κ3) is 2.70. The minimum atomic E-state index is -3.26. The highest BCUT2D eigenvalue weighted by Gasteiger charge is 2.38. The molecule has 0 bridgehead atoms. The first-order chi connectivity index (χ1) is 8.41. The van der Waals surface area contributed by atoms with Crippen LogP contribution in [-0.4, -0.2) is 43.5 Å². The fraction of sp³-hybridized carbons (Fsp3) is 0.417. The number of hydrogen-bond acceptors (Lipinski definition) is 5. The number of aliphatic hydroxyl groups is 1. The lowest BCUT2D eigenvalue weighted by atomic mass is 10.1. The quantitative estimate of drug-likeness (QED) is 0.801. The highest BCUT2D eigenvalue weighted by atomic mass is 32.2. The molecule has 1 heterocycles. The number of ether oxygens (including phenoxy) is 1. The molecule has 1 fully saturated rings. The Kier molecular flexibility index (Phi) is 3.41. The van der Waals surface area contributed by atoms with Gasteiger partial charge in [0, 0.05) is 0 Å². The zero-order chi connectivity index (χ0) is 13.3. The van der Waals surface area contributed by atoms with Crippen LogP contribution in [0.25, 0.3) is 0 Å². The Labute approximate surface area is 105 Å². The van der Waals surface area contributed by atoms with Crippen LogP contribution in [0.2, 0.25) is 0 Å². The molecule has 0 spiro atoms. The lowest BCUT2D eigenvalue weighted by Crippen LogP contribution is -2.30. The van der Waals surface area contributed by atoms with Crippen LogP contribution in [0, 0.1) is 6.92 Å². The van der Waals surface area contributed by atoms with Crippen molar-refractivity contribution in [3.05, 3.63) is 29.3 Å². The normalized spacial score (nSPS) is 25.9. The zero-order valence-electron chi connectivity index (χ0n) is 9.87. The van der Waals surface area contributed by atoms with Gasteiger partial charge in [0.05, 0.1) is 17.1 Å². The average Bonchev–Trinajstić information content (AvgIpc) is 2.54. The van der Waals surface area contributed by atoms with Crippen molar-refractivity contribution in [3.63, 3.8) is 0 Å². The van der Waals surface area contributed by atoms with E-state index in [2.05, 4.69) is 0 Å². The minimum Gasteiger partial charge on any atom is -0.486 e. The Morgan fingerprint density at radius 1 is 1.39 bits per heavy atom.